The molecule has 5 nitrogen and oxygen atoms in total. The number of hydrogen-bond acceptors (Lipinski definition) is 2. The summed E-state index contributed by atoms with van der Waals surface area (Å²) in [6, 6.07) is 7.78. The molecular formula is C12H9N3O2. The van der Waals surface area contributed by atoms with Gasteiger partial charge in [0.2, 0.25) is 5.78 Å². The van der Waals surface area contributed by atoms with Crippen molar-refractivity contribution in [2.45, 2.75) is 0 Å². The van der Waals surface area contributed by atoms with E-state index in [9.17, 15) is 4.79 Å². The fourth-order valence-electron chi connectivity index (χ4n) is 1.88. The third kappa shape index (κ3) is 1.48. The number of carboxylic acid groups (broad SMARTS) is 1. The zero-order valence-electron chi connectivity index (χ0n) is 8.79. The molecule has 2 aromatic heterocycles. The third-order valence-electron chi connectivity index (χ3n) is 2.58. The average Bonchev–Trinajstić information content (AvgIpc) is 2.84. The van der Waals surface area contributed by atoms with Crippen molar-refractivity contribution < 1.29 is 9.90 Å². The summed E-state index contributed by atoms with van der Waals surface area (Å²) in [7, 11) is 0. The van der Waals surface area contributed by atoms with Gasteiger partial charge in [-0.3, -0.25) is 4.40 Å². The Kier molecular flexibility index (Phi) is 1.98. The number of para-hydroxylation sites is 2. The van der Waals surface area contributed by atoms with E-state index in [-0.39, 0.29) is 0 Å². The number of imidazole rings is 2. The van der Waals surface area contributed by atoms with Gasteiger partial charge in [-0.25, -0.2) is 9.78 Å². The Bertz CT molecular complexity index is 736. The van der Waals surface area contributed by atoms with Crippen LogP contribution in [0, 0.1) is 0 Å². The highest BCUT2D eigenvalue weighted by Crippen LogP contribution is 2.18. The number of carbonyl (C=O) groups is 1. The lowest BCUT2D eigenvalue weighted by Gasteiger charge is -1.93. The van der Waals surface area contributed by atoms with Crippen LogP contribution in [0.4, 0.5) is 0 Å². The van der Waals surface area contributed by atoms with Crippen molar-refractivity contribution in [1.29, 1.82) is 0 Å². The fraction of sp³-hybridized carbons (Fsp3) is 0. The molecule has 2 N–H and O–H groups in total. The van der Waals surface area contributed by atoms with Crippen LogP contribution in [0.25, 0.3) is 22.9 Å². The van der Waals surface area contributed by atoms with Gasteiger partial charge >= 0.3 is 5.97 Å². The van der Waals surface area contributed by atoms with Crippen LogP contribution in [0.1, 0.15) is 5.69 Å². The Morgan fingerprint density at radius 2 is 2.24 bits per heavy atom. The van der Waals surface area contributed by atoms with Crippen molar-refractivity contribution in [3.63, 3.8) is 0 Å². The highest BCUT2D eigenvalue weighted by Gasteiger charge is 2.07. The van der Waals surface area contributed by atoms with E-state index in [1.54, 1.807) is 6.20 Å². The second kappa shape index (κ2) is 3.48. The summed E-state index contributed by atoms with van der Waals surface area (Å²) < 4.78 is 1.88. The van der Waals surface area contributed by atoms with Crippen LogP contribution in [0.2, 0.25) is 0 Å². The number of benzene rings is 1. The Hall–Kier alpha value is -2.56. The first-order valence-electron chi connectivity index (χ1n) is 5.11. The maximum absolute atomic E-state index is 10.5. The lowest BCUT2D eigenvalue weighted by Crippen LogP contribution is -1.88. The van der Waals surface area contributed by atoms with Gasteiger partial charge in [0.25, 0.3) is 0 Å². The molecule has 0 bridgehead atoms. The minimum atomic E-state index is -0.972. The zero-order chi connectivity index (χ0) is 11.8. The molecule has 0 saturated heterocycles. The molecule has 0 aliphatic carbocycles. The van der Waals surface area contributed by atoms with Gasteiger partial charge in [0.05, 0.1) is 22.9 Å². The molecule has 3 rings (SSSR count). The number of aliphatic carboxylic acids is 1. The van der Waals surface area contributed by atoms with Crippen LogP contribution in [-0.2, 0) is 4.79 Å². The number of hydrogen-bond donors (Lipinski definition) is 2. The van der Waals surface area contributed by atoms with E-state index < -0.39 is 5.97 Å². The molecule has 0 saturated carbocycles. The topological polar surface area (TPSA) is 70.4 Å². The molecule has 5 heteroatoms. The van der Waals surface area contributed by atoms with Crippen LogP contribution in [0.15, 0.2) is 36.5 Å². The second-order valence-corrected chi connectivity index (χ2v) is 3.66. The molecule has 0 aliphatic rings. The molecule has 17 heavy (non-hydrogen) atoms. The summed E-state index contributed by atoms with van der Waals surface area (Å²) in [6.45, 7) is 0. The molecule has 0 spiro atoms. The second-order valence-electron chi connectivity index (χ2n) is 3.66. The van der Waals surface area contributed by atoms with Crippen molar-refractivity contribution in [3.05, 3.63) is 42.2 Å². The van der Waals surface area contributed by atoms with Crippen LogP contribution < -0.4 is 0 Å². The fourth-order valence-corrected chi connectivity index (χ4v) is 1.88. The van der Waals surface area contributed by atoms with Crippen molar-refractivity contribution in [2.75, 3.05) is 0 Å². The normalized spacial score (nSPS) is 11.8. The standard InChI is InChI=1S/C12H9N3O2/c16-11(17)6-5-8-7-13-12-14-9-3-1-2-4-10(9)15(8)12/h1-7H,(H,13,14)(H,16,17). The molecule has 84 valence electrons. The molecule has 0 fully saturated rings. The number of nitrogens with one attached hydrogen (secondary N) is 1. The van der Waals surface area contributed by atoms with E-state index in [0.29, 0.717) is 5.78 Å². The molecule has 0 unspecified atom stereocenters. The number of aromatic amines is 1. The number of nitrogens with zero attached hydrogens (tertiary/aromatic N) is 2. The highest BCUT2D eigenvalue weighted by molar-refractivity contribution is 5.86. The van der Waals surface area contributed by atoms with Gasteiger partial charge in [-0.05, 0) is 18.2 Å². The molecule has 0 aliphatic heterocycles. The predicted octanol–water partition coefficient (Wildman–Crippen LogP) is 1.91. The van der Waals surface area contributed by atoms with Gasteiger partial charge in [-0.2, -0.15) is 0 Å². The first kappa shape index (κ1) is 9.65. The van der Waals surface area contributed by atoms with Gasteiger partial charge in [0, 0.05) is 6.08 Å². The number of H-pyrrole nitrogens is 1. The lowest BCUT2D eigenvalue weighted by molar-refractivity contribution is -0.131. The Balaban J connectivity index is 2.29. The summed E-state index contributed by atoms with van der Waals surface area (Å²) in [5, 5.41) is 8.62. The van der Waals surface area contributed by atoms with Crippen LogP contribution in [0.3, 0.4) is 0 Å². The Morgan fingerprint density at radius 3 is 3.06 bits per heavy atom. The molecule has 1 aromatic carbocycles. The summed E-state index contributed by atoms with van der Waals surface area (Å²) in [6.07, 6.45) is 4.27. The van der Waals surface area contributed by atoms with Crippen LogP contribution in [0.5, 0.6) is 0 Å². The zero-order valence-corrected chi connectivity index (χ0v) is 8.79. The summed E-state index contributed by atoms with van der Waals surface area (Å²) in [5.41, 5.74) is 2.69. The van der Waals surface area contributed by atoms with Crippen LogP contribution >= 0.6 is 0 Å². The van der Waals surface area contributed by atoms with Gasteiger partial charge in [-0.15, -0.1) is 0 Å². The summed E-state index contributed by atoms with van der Waals surface area (Å²) in [5.74, 6) is -0.268. The smallest absolute Gasteiger partial charge is 0.328 e. The van der Waals surface area contributed by atoms with Gasteiger partial charge < -0.3 is 10.1 Å². The number of aromatic nitrogens is 3. The van der Waals surface area contributed by atoms with Crippen molar-refractivity contribution in [1.82, 2.24) is 14.4 Å². The first-order valence-corrected chi connectivity index (χ1v) is 5.11. The third-order valence-corrected chi connectivity index (χ3v) is 2.58. The van der Waals surface area contributed by atoms with Crippen molar-refractivity contribution >= 4 is 28.9 Å². The van der Waals surface area contributed by atoms with Crippen molar-refractivity contribution in [2.24, 2.45) is 0 Å². The first-order chi connectivity index (χ1) is 8.25. The van der Waals surface area contributed by atoms with Gasteiger partial charge in [-0.1, -0.05) is 12.1 Å². The van der Waals surface area contributed by atoms with E-state index in [0.717, 1.165) is 22.8 Å². The molecular weight excluding hydrogens is 218 g/mol. The molecule has 2 heterocycles. The van der Waals surface area contributed by atoms with Gasteiger partial charge in [0.1, 0.15) is 0 Å². The van der Waals surface area contributed by atoms with E-state index in [1.165, 1.54) is 6.08 Å². The quantitative estimate of drug-likeness (QED) is 0.657. The predicted molar refractivity (Wildman–Crippen MR) is 63.7 cm³/mol. The van der Waals surface area contributed by atoms with Crippen molar-refractivity contribution in [3.8, 4) is 0 Å². The summed E-state index contributed by atoms with van der Waals surface area (Å²) >= 11 is 0. The minimum absolute atomic E-state index is 0.705. The monoisotopic (exact) mass is 227 g/mol. The minimum Gasteiger partial charge on any atom is -0.478 e. The average molecular weight is 227 g/mol. The molecule has 0 atom stereocenters. The maximum Gasteiger partial charge on any atom is 0.328 e. The summed E-state index contributed by atoms with van der Waals surface area (Å²) in [4.78, 5) is 17.9. The van der Waals surface area contributed by atoms with E-state index in [4.69, 9.17) is 5.11 Å². The van der Waals surface area contributed by atoms with Crippen LogP contribution in [-0.4, -0.2) is 25.4 Å². The molecule has 3 aromatic rings. The largest absolute Gasteiger partial charge is 0.478 e. The van der Waals surface area contributed by atoms with E-state index in [2.05, 4.69) is 9.97 Å². The highest BCUT2D eigenvalue weighted by atomic mass is 16.4. The van der Waals surface area contributed by atoms with E-state index in [1.807, 2.05) is 28.7 Å². The molecule has 0 radical (unpaired) electrons. The van der Waals surface area contributed by atoms with E-state index >= 15 is 0 Å². The number of carboxylic acids is 1. The lowest BCUT2D eigenvalue weighted by atomic mass is 10.3. The maximum atomic E-state index is 10.5. The number of rotatable bonds is 2. The Labute approximate surface area is 96.0 Å². The Morgan fingerprint density at radius 1 is 1.41 bits per heavy atom. The number of fused-ring (bicyclic) bond motifs is 3. The molecule has 0 amide bonds. The SMILES string of the molecule is O=C(O)C=Cc1cnc2[nH]c3ccccc3n12. The van der Waals surface area contributed by atoms with Gasteiger partial charge in [0.15, 0.2) is 0 Å².